The second-order valence-corrected chi connectivity index (χ2v) is 4.46. The Balaban J connectivity index is 2.22. The Morgan fingerprint density at radius 3 is 2.67 bits per heavy atom. The molecule has 4 nitrogen and oxygen atoms in total. The first-order chi connectivity index (χ1) is 8.63. The molecule has 2 unspecified atom stereocenters. The Bertz CT molecular complexity index is 354. The number of aryl methyl sites for hydroxylation is 1. The molecular weight excluding hydrogens is 228 g/mol. The van der Waals surface area contributed by atoms with Crippen LogP contribution < -0.4 is 11.1 Å². The minimum atomic E-state index is -0.589. The molecule has 0 bridgehead atoms. The van der Waals surface area contributed by atoms with Crippen LogP contribution in [0, 0.1) is 0 Å². The van der Waals surface area contributed by atoms with Gasteiger partial charge in [0.15, 0.2) is 0 Å². The molecular formula is C14H22N2O2. The topological polar surface area (TPSA) is 64.3 Å². The van der Waals surface area contributed by atoms with E-state index in [0.717, 1.165) is 12.8 Å². The van der Waals surface area contributed by atoms with Crippen LogP contribution in [0.2, 0.25) is 0 Å². The van der Waals surface area contributed by atoms with Crippen molar-refractivity contribution >= 4 is 5.97 Å². The maximum absolute atomic E-state index is 11.1. The summed E-state index contributed by atoms with van der Waals surface area (Å²) in [7, 11) is 1.35. The molecule has 1 rings (SSSR count). The van der Waals surface area contributed by atoms with Gasteiger partial charge in [-0.2, -0.15) is 0 Å². The van der Waals surface area contributed by atoms with E-state index in [4.69, 9.17) is 5.73 Å². The number of hydrogen-bond acceptors (Lipinski definition) is 4. The first-order valence-corrected chi connectivity index (χ1v) is 6.24. The lowest BCUT2D eigenvalue weighted by atomic mass is 10.1. The molecule has 0 amide bonds. The molecule has 100 valence electrons. The highest BCUT2D eigenvalue weighted by Crippen LogP contribution is 2.04. The van der Waals surface area contributed by atoms with Crippen molar-refractivity contribution < 1.29 is 9.53 Å². The molecule has 1 aromatic carbocycles. The van der Waals surface area contributed by atoms with Crippen LogP contribution in [0.1, 0.15) is 18.9 Å². The van der Waals surface area contributed by atoms with Gasteiger partial charge in [0.1, 0.15) is 6.04 Å². The average Bonchev–Trinajstić information content (AvgIpc) is 2.42. The fraction of sp³-hybridized carbons (Fsp3) is 0.500. The third-order valence-electron chi connectivity index (χ3n) is 2.90. The van der Waals surface area contributed by atoms with Gasteiger partial charge in [-0.1, -0.05) is 30.3 Å². The Labute approximate surface area is 109 Å². The summed E-state index contributed by atoms with van der Waals surface area (Å²) < 4.78 is 4.57. The van der Waals surface area contributed by atoms with Crippen LogP contribution in [0.4, 0.5) is 0 Å². The number of methoxy groups -OCH3 is 1. The van der Waals surface area contributed by atoms with Crippen molar-refractivity contribution in [2.75, 3.05) is 13.7 Å². The van der Waals surface area contributed by atoms with E-state index in [2.05, 4.69) is 29.1 Å². The second kappa shape index (κ2) is 7.84. The van der Waals surface area contributed by atoms with Gasteiger partial charge in [-0.25, -0.2) is 0 Å². The first kappa shape index (κ1) is 14.7. The molecule has 4 heteroatoms. The zero-order chi connectivity index (χ0) is 13.4. The van der Waals surface area contributed by atoms with Gasteiger partial charge in [0.05, 0.1) is 7.11 Å². The van der Waals surface area contributed by atoms with E-state index < -0.39 is 6.04 Å². The smallest absolute Gasteiger partial charge is 0.323 e. The molecule has 0 fully saturated rings. The van der Waals surface area contributed by atoms with Crippen molar-refractivity contribution in [3.8, 4) is 0 Å². The van der Waals surface area contributed by atoms with Crippen LogP contribution in [0.25, 0.3) is 0 Å². The summed E-state index contributed by atoms with van der Waals surface area (Å²) >= 11 is 0. The van der Waals surface area contributed by atoms with Crippen molar-refractivity contribution in [1.29, 1.82) is 0 Å². The van der Waals surface area contributed by atoms with Crippen LogP contribution in [-0.2, 0) is 16.0 Å². The molecule has 1 aromatic rings. The fourth-order valence-electron chi connectivity index (χ4n) is 1.69. The third kappa shape index (κ3) is 5.29. The molecule has 0 aliphatic heterocycles. The molecule has 0 saturated heterocycles. The Hall–Kier alpha value is -1.39. The van der Waals surface area contributed by atoms with Crippen molar-refractivity contribution in [3.05, 3.63) is 35.9 Å². The summed E-state index contributed by atoms with van der Waals surface area (Å²) in [4.78, 5) is 11.1. The van der Waals surface area contributed by atoms with Crippen molar-refractivity contribution in [2.45, 2.75) is 31.8 Å². The van der Waals surface area contributed by atoms with Crippen LogP contribution in [-0.4, -0.2) is 31.7 Å². The summed E-state index contributed by atoms with van der Waals surface area (Å²) in [6, 6.07) is 10.1. The number of rotatable bonds is 7. The lowest BCUT2D eigenvalue weighted by molar-refractivity contribution is -0.142. The quantitative estimate of drug-likeness (QED) is 0.711. The second-order valence-electron chi connectivity index (χ2n) is 4.46. The number of carbonyl (C=O) groups is 1. The lowest BCUT2D eigenvalue weighted by Gasteiger charge is -2.16. The SMILES string of the molecule is COC(=O)C(N)CNC(C)CCc1ccccc1. The molecule has 0 aliphatic rings. The van der Waals surface area contributed by atoms with E-state index in [-0.39, 0.29) is 5.97 Å². The highest BCUT2D eigenvalue weighted by molar-refractivity contribution is 5.75. The number of nitrogens with one attached hydrogen (secondary N) is 1. The number of hydrogen-bond donors (Lipinski definition) is 2. The number of benzene rings is 1. The highest BCUT2D eigenvalue weighted by atomic mass is 16.5. The van der Waals surface area contributed by atoms with Gasteiger partial charge in [-0.05, 0) is 25.3 Å². The fourth-order valence-corrected chi connectivity index (χ4v) is 1.69. The Kier molecular flexibility index (Phi) is 6.39. The van der Waals surface area contributed by atoms with Gasteiger partial charge < -0.3 is 15.8 Å². The van der Waals surface area contributed by atoms with E-state index in [9.17, 15) is 4.79 Å². The van der Waals surface area contributed by atoms with Crippen LogP contribution >= 0.6 is 0 Å². The average molecular weight is 250 g/mol. The molecule has 0 aromatic heterocycles. The van der Waals surface area contributed by atoms with Crippen LogP contribution in [0.5, 0.6) is 0 Å². The standard InChI is InChI=1S/C14H22N2O2/c1-11(16-10-13(15)14(17)18-2)8-9-12-6-4-3-5-7-12/h3-7,11,13,16H,8-10,15H2,1-2H3. The zero-order valence-electron chi connectivity index (χ0n) is 11.1. The molecule has 0 heterocycles. The van der Waals surface area contributed by atoms with Crippen LogP contribution in [0.15, 0.2) is 30.3 Å². The summed E-state index contributed by atoms with van der Waals surface area (Å²) in [5.74, 6) is -0.377. The normalized spacial score (nSPS) is 13.9. The van der Waals surface area contributed by atoms with Crippen LogP contribution in [0.3, 0.4) is 0 Å². The maximum atomic E-state index is 11.1. The van der Waals surface area contributed by atoms with Crippen molar-refractivity contribution in [1.82, 2.24) is 5.32 Å². The highest BCUT2D eigenvalue weighted by Gasteiger charge is 2.14. The number of carbonyl (C=O) groups excluding carboxylic acids is 1. The molecule has 0 radical (unpaired) electrons. The lowest BCUT2D eigenvalue weighted by Crippen LogP contribution is -2.43. The van der Waals surface area contributed by atoms with Gasteiger partial charge in [0, 0.05) is 12.6 Å². The van der Waals surface area contributed by atoms with Crippen molar-refractivity contribution in [2.24, 2.45) is 5.73 Å². The summed E-state index contributed by atoms with van der Waals surface area (Å²) in [6.07, 6.45) is 2.03. The van der Waals surface area contributed by atoms with E-state index in [0.29, 0.717) is 12.6 Å². The van der Waals surface area contributed by atoms with Gasteiger partial charge in [-0.15, -0.1) is 0 Å². The molecule has 0 spiro atoms. The summed E-state index contributed by atoms with van der Waals surface area (Å²) in [5, 5.41) is 3.24. The molecule has 3 N–H and O–H groups in total. The van der Waals surface area contributed by atoms with Gasteiger partial charge in [0.2, 0.25) is 0 Å². The Morgan fingerprint density at radius 2 is 2.06 bits per heavy atom. The Morgan fingerprint density at radius 1 is 1.39 bits per heavy atom. The molecule has 0 saturated carbocycles. The third-order valence-corrected chi connectivity index (χ3v) is 2.90. The predicted octanol–water partition coefficient (Wildman–Crippen LogP) is 1.10. The number of nitrogens with two attached hydrogens (primary N) is 1. The zero-order valence-corrected chi connectivity index (χ0v) is 11.1. The van der Waals surface area contributed by atoms with E-state index in [1.807, 2.05) is 18.2 Å². The molecule has 0 aliphatic carbocycles. The largest absolute Gasteiger partial charge is 0.468 e. The minimum absolute atomic E-state index is 0.320. The van der Waals surface area contributed by atoms with Gasteiger partial charge in [0.25, 0.3) is 0 Å². The molecule has 2 atom stereocenters. The monoisotopic (exact) mass is 250 g/mol. The molecule has 18 heavy (non-hydrogen) atoms. The van der Waals surface area contributed by atoms with E-state index in [1.54, 1.807) is 0 Å². The van der Waals surface area contributed by atoms with Gasteiger partial charge in [-0.3, -0.25) is 4.79 Å². The predicted molar refractivity (Wildman–Crippen MR) is 72.2 cm³/mol. The number of ether oxygens (including phenoxy) is 1. The minimum Gasteiger partial charge on any atom is -0.468 e. The summed E-state index contributed by atoms with van der Waals surface area (Å²) in [5.41, 5.74) is 6.97. The van der Waals surface area contributed by atoms with E-state index in [1.165, 1.54) is 12.7 Å². The van der Waals surface area contributed by atoms with Crippen molar-refractivity contribution in [3.63, 3.8) is 0 Å². The maximum Gasteiger partial charge on any atom is 0.323 e. The van der Waals surface area contributed by atoms with E-state index >= 15 is 0 Å². The number of esters is 1. The van der Waals surface area contributed by atoms with Gasteiger partial charge >= 0.3 is 5.97 Å². The first-order valence-electron chi connectivity index (χ1n) is 6.24. The summed E-state index contributed by atoms with van der Waals surface area (Å²) in [6.45, 7) is 2.54.